The number of rotatable bonds is 1. The number of aromatic nitrogens is 3. The number of aromatic amines is 1. The zero-order valence-electron chi connectivity index (χ0n) is 10.2. The van der Waals surface area contributed by atoms with Crippen molar-refractivity contribution in [1.82, 2.24) is 14.6 Å². The maximum atomic E-state index is 7.33. The zero-order valence-corrected chi connectivity index (χ0v) is 10.2. The van der Waals surface area contributed by atoms with Crippen LogP contribution in [0.25, 0.3) is 21.7 Å². The van der Waals surface area contributed by atoms with E-state index in [4.69, 9.17) is 6.57 Å². The summed E-state index contributed by atoms with van der Waals surface area (Å²) in [5.41, 5.74) is 4.69. The van der Waals surface area contributed by atoms with Gasteiger partial charge in [-0.1, -0.05) is 36.4 Å². The summed E-state index contributed by atoms with van der Waals surface area (Å²) in [6.07, 6.45) is 0. The molecule has 3 rings (SSSR count). The highest BCUT2D eigenvalue weighted by molar-refractivity contribution is 5.76. The van der Waals surface area contributed by atoms with Crippen molar-refractivity contribution in [3.05, 3.63) is 53.0 Å². The van der Waals surface area contributed by atoms with Gasteiger partial charge >= 0.3 is 0 Å². The molecule has 2 aromatic heterocycles. The lowest BCUT2D eigenvalue weighted by Crippen LogP contribution is -1.83. The SMILES string of the molecule is [C-]#[N+]c1c(-c2ccc(C)cc2)nc2cc(C)[nH]n12. The van der Waals surface area contributed by atoms with Crippen LogP contribution in [0.1, 0.15) is 11.3 Å². The van der Waals surface area contributed by atoms with Crippen molar-refractivity contribution in [3.63, 3.8) is 0 Å². The molecule has 0 atom stereocenters. The molecule has 0 aliphatic rings. The number of imidazole rings is 1. The fourth-order valence-electron chi connectivity index (χ4n) is 2.05. The topological polar surface area (TPSA) is 37.5 Å². The first-order valence-corrected chi connectivity index (χ1v) is 5.71. The lowest BCUT2D eigenvalue weighted by molar-refractivity contribution is 0.959. The van der Waals surface area contributed by atoms with Gasteiger partial charge in [0.2, 0.25) is 5.65 Å². The highest BCUT2D eigenvalue weighted by atomic mass is 15.3. The molecule has 3 aromatic rings. The third-order valence-electron chi connectivity index (χ3n) is 2.94. The number of hydrogen-bond acceptors (Lipinski definition) is 1. The van der Waals surface area contributed by atoms with E-state index in [1.54, 1.807) is 4.52 Å². The minimum absolute atomic E-state index is 0.530. The monoisotopic (exact) mass is 236 g/mol. The highest BCUT2D eigenvalue weighted by Gasteiger charge is 2.16. The maximum Gasteiger partial charge on any atom is 0.281 e. The number of nitrogens with zero attached hydrogens (tertiary/aromatic N) is 3. The minimum Gasteiger partial charge on any atom is -0.360 e. The van der Waals surface area contributed by atoms with Gasteiger partial charge in [0.05, 0.1) is 11.4 Å². The lowest BCUT2D eigenvalue weighted by atomic mass is 10.1. The first-order valence-electron chi connectivity index (χ1n) is 5.71. The summed E-state index contributed by atoms with van der Waals surface area (Å²) in [6.45, 7) is 11.3. The van der Waals surface area contributed by atoms with Crippen molar-refractivity contribution >= 4 is 11.5 Å². The number of H-pyrrole nitrogens is 1. The van der Waals surface area contributed by atoms with Crippen LogP contribution in [0.5, 0.6) is 0 Å². The smallest absolute Gasteiger partial charge is 0.281 e. The van der Waals surface area contributed by atoms with Crippen molar-refractivity contribution in [1.29, 1.82) is 0 Å². The fourth-order valence-corrected chi connectivity index (χ4v) is 2.05. The Bertz CT molecular complexity index is 754. The molecule has 4 heteroatoms. The molecule has 1 N–H and O–H groups in total. The molecule has 0 saturated heterocycles. The van der Waals surface area contributed by atoms with Gasteiger partial charge in [0.15, 0.2) is 0 Å². The Kier molecular flexibility index (Phi) is 2.20. The molecule has 1 aromatic carbocycles. The van der Waals surface area contributed by atoms with E-state index in [-0.39, 0.29) is 0 Å². The second-order valence-electron chi connectivity index (χ2n) is 4.39. The van der Waals surface area contributed by atoms with Gasteiger partial charge in [0, 0.05) is 6.07 Å². The van der Waals surface area contributed by atoms with Crippen LogP contribution in [0.2, 0.25) is 0 Å². The van der Waals surface area contributed by atoms with E-state index in [9.17, 15) is 0 Å². The number of fused-ring (bicyclic) bond motifs is 1. The van der Waals surface area contributed by atoms with E-state index in [0.29, 0.717) is 5.82 Å². The van der Waals surface area contributed by atoms with Crippen LogP contribution in [-0.4, -0.2) is 14.6 Å². The van der Waals surface area contributed by atoms with Crippen molar-refractivity contribution in [2.24, 2.45) is 0 Å². The molecule has 0 fully saturated rings. The molecule has 0 bridgehead atoms. The number of nitrogens with one attached hydrogen (secondary N) is 1. The summed E-state index contributed by atoms with van der Waals surface area (Å²) < 4.78 is 1.73. The van der Waals surface area contributed by atoms with Gasteiger partial charge in [-0.05, 0) is 19.4 Å². The Balaban J connectivity index is 2.26. The van der Waals surface area contributed by atoms with Gasteiger partial charge in [0.25, 0.3) is 5.82 Å². The van der Waals surface area contributed by atoms with E-state index in [2.05, 4.69) is 14.9 Å². The average Bonchev–Trinajstić information content (AvgIpc) is 2.85. The number of benzene rings is 1. The molecule has 88 valence electrons. The predicted octanol–water partition coefficient (Wildman–Crippen LogP) is 3.50. The lowest BCUT2D eigenvalue weighted by Gasteiger charge is -1.99. The first kappa shape index (κ1) is 10.6. The first-order chi connectivity index (χ1) is 8.69. The quantitative estimate of drug-likeness (QED) is 0.645. The second-order valence-corrected chi connectivity index (χ2v) is 4.39. The van der Waals surface area contributed by atoms with Crippen LogP contribution in [0.15, 0.2) is 30.3 Å². The average molecular weight is 236 g/mol. The molecule has 0 aliphatic carbocycles. The summed E-state index contributed by atoms with van der Waals surface area (Å²) in [7, 11) is 0. The molecule has 0 saturated carbocycles. The van der Waals surface area contributed by atoms with Gasteiger partial charge < -0.3 is 4.85 Å². The molecule has 0 aliphatic heterocycles. The minimum atomic E-state index is 0.530. The molecule has 0 spiro atoms. The third-order valence-corrected chi connectivity index (χ3v) is 2.94. The van der Waals surface area contributed by atoms with Crippen LogP contribution in [-0.2, 0) is 0 Å². The van der Waals surface area contributed by atoms with Crippen LogP contribution < -0.4 is 0 Å². The molecule has 0 radical (unpaired) electrons. The molecular formula is C14H12N4. The predicted molar refractivity (Wildman–Crippen MR) is 70.7 cm³/mol. The van der Waals surface area contributed by atoms with Crippen LogP contribution >= 0.6 is 0 Å². The third kappa shape index (κ3) is 1.49. The van der Waals surface area contributed by atoms with E-state index in [0.717, 1.165) is 22.6 Å². The summed E-state index contributed by atoms with van der Waals surface area (Å²) in [4.78, 5) is 8.11. The second kappa shape index (κ2) is 3.74. The largest absolute Gasteiger partial charge is 0.360 e. The Labute approximate surface area is 105 Å². The van der Waals surface area contributed by atoms with Crippen molar-refractivity contribution in [2.45, 2.75) is 13.8 Å². The Hall–Kier alpha value is -2.54. The highest BCUT2D eigenvalue weighted by Crippen LogP contribution is 2.31. The van der Waals surface area contributed by atoms with Gasteiger partial charge in [-0.3, -0.25) is 0 Å². The summed E-state index contributed by atoms with van der Waals surface area (Å²) in [5.74, 6) is 0.530. The van der Waals surface area contributed by atoms with E-state index >= 15 is 0 Å². The summed E-state index contributed by atoms with van der Waals surface area (Å²) in [6, 6.07) is 9.99. The van der Waals surface area contributed by atoms with E-state index in [1.165, 1.54) is 5.56 Å². The number of aryl methyl sites for hydroxylation is 2. The van der Waals surface area contributed by atoms with Crippen LogP contribution in [0.4, 0.5) is 5.82 Å². The number of hydrogen-bond donors (Lipinski definition) is 1. The van der Waals surface area contributed by atoms with E-state index < -0.39 is 0 Å². The van der Waals surface area contributed by atoms with E-state index in [1.807, 2.05) is 44.2 Å². The van der Waals surface area contributed by atoms with Gasteiger partial charge in [0.1, 0.15) is 0 Å². The molecule has 4 nitrogen and oxygen atoms in total. The van der Waals surface area contributed by atoms with Crippen LogP contribution in [0, 0.1) is 20.4 Å². The molecule has 0 unspecified atom stereocenters. The Morgan fingerprint density at radius 3 is 2.61 bits per heavy atom. The van der Waals surface area contributed by atoms with Gasteiger partial charge in [-0.2, -0.15) is 4.52 Å². The molecule has 18 heavy (non-hydrogen) atoms. The Morgan fingerprint density at radius 2 is 1.94 bits per heavy atom. The maximum absolute atomic E-state index is 7.33. The molecular weight excluding hydrogens is 224 g/mol. The summed E-state index contributed by atoms with van der Waals surface area (Å²) in [5, 5.41) is 3.12. The standard InChI is InChI=1S/C14H12N4/c1-9-4-6-11(7-5-9)13-14(15-3)18-12(16-13)8-10(2)17-18/h4-8,17H,1-2H3. The van der Waals surface area contributed by atoms with Crippen molar-refractivity contribution < 1.29 is 0 Å². The van der Waals surface area contributed by atoms with Gasteiger partial charge in [-0.15, -0.1) is 0 Å². The van der Waals surface area contributed by atoms with Crippen molar-refractivity contribution in [2.75, 3.05) is 0 Å². The zero-order chi connectivity index (χ0) is 12.7. The fraction of sp³-hybridized carbons (Fsp3) is 0.143. The normalized spacial score (nSPS) is 10.7. The van der Waals surface area contributed by atoms with Crippen molar-refractivity contribution in [3.8, 4) is 11.3 Å². The molecule has 0 amide bonds. The van der Waals surface area contributed by atoms with Crippen LogP contribution in [0.3, 0.4) is 0 Å². The molecule has 2 heterocycles. The van der Waals surface area contributed by atoms with Gasteiger partial charge in [-0.25, -0.2) is 10.1 Å². The summed E-state index contributed by atoms with van der Waals surface area (Å²) >= 11 is 0. The Morgan fingerprint density at radius 1 is 1.22 bits per heavy atom.